The van der Waals surface area contributed by atoms with Crippen LogP contribution in [0.3, 0.4) is 0 Å². The smallest absolute Gasteiger partial charge is 0.243 e. The Bertz CT molecular complexity index is 831. The van der Waals surface area contributed by atoms with Crippen molar-refractivity contribution in [1.29, 1.82) is 0 Å². The van der Waals surface area contributed by atoms with Gasteiger partial charge >= 0.3 is 0 Å². The zero-order chi connectivity index (χ0) is 19.3. The van der Waals surface area contributed by atoms with E-state index in [-0.39, 0.29) is 17.5 Å². The number of benzene rings is 1. The summed E-state index contributed by atoms with van der Waals surface area (Å²) in [4.78, 5) is 0.256. The molecule has 0 unspecified atom stereocenters. The van der Waals surface area contributed by atoms with Crippen molar-refractivity contribution < 1.29 is 17.9 Å². The molecule has 0 spiro atoms. The molecule has 0 fully saturated rings. The van der Waals surface area contributed by atoms with Gasteiger partial charge < -0.3 is 9.47 Å². The Labute approximate surface area is 155 Å². The Morgan fingerprint density at radius 1 is 1.27 bits per heavy atom. The lowest BCUT2D eigenvalue weighted by Gasteiger charge is -2.25. The summed E-state index contributed by atoms with van der Waals surface area (Å²) in [5, 5.41) is 4.11. The molecule has 0 amide bonds. The Balaban J connectivity index is 2.26. The Morgan fingerprint density at radius 3 is 2.54 bits per heavy atom. The molecule has 2 rings (SSSR count). The van der Waals surface area contributed by atoms with Crippen LogP contribution in [0.5, 0.6) is 5.75 Å². The molecule has 0 aliphatic rings. The molecule has 1 heterocycles. The number of aromatic nitrogens is 2. The van der Waals surface area contributed by atoms with E-state index in [0.717, 1.165) is 11.1 Å². The van der Waals surface area contributed by atoms with Crippen molar-refractivity contribution in [2.75, 3.05) is 20.3 Å². The largest absolute Gasteiger partial charge is 0.491 e. The van der Waals surface area contributed by atoms with E-state index < -0.39 is 10.0 Å². The van der Waals surface area contributed by atoms with E-state index in [2.05, 4.69) is 5.10 Å². The van der Waals surface area contributed by atoms with E-state index in [1.165, 1.54) is 4.31 Å². The number of nitrogens with zero attached hydrogens (tertiary/aromatic N) is 3. The van der Waals surface area contributed by atoms with Crippen molar-refractivity contribution in [2.45, 2.75) is 38.3 Å². The van der Waals surface area contributed by atoms with Crippen molar-refractivity contribution in [3.8, 4) is 5.75 Å². The first-order chi connectivity index (χ1) is 12.3. The zero-order valence-corrected chi connectivity index (χ0v) is 16.8. The van der Waals surface area contributed by atoms with E-state index in [9.17, 15) is 8.42 Å². The lowest BCUT2D eigenvalue weighted by molar-refractivity contribution is 0.146. The predicted molar refractivity (Wildman–Crippen MR) is 99.6 cm³/mol. The van der Waals surface area contributed by atoms with Crippen LogP contribution in [0, 0.1) is 6.92 Å². The topological polar surface area (TPSA) is 73.7 Å². The van der Waals surface area contributed by atoms with Crippen LogP contribution < -0.4 is 4.74 Å². The van der Waals surface area contributed by atoms with Gasteiger partial charge in [-0.05, 0) is 44.5 Å². The summed E-state index contributed by atoms with van der Waals surface area (Å²) in [7, 11) is -0.223. The molecular weight excluding hydrogens is 354 g/mol. The first kappa shape index (κ1) is 20.4. The monoisotopic (exact) mass is 381 g/mol. The first-order valence-electron chi connectivity index (χ1n) is 8.47. The van der Waals surface area contributed by atoms with E-state index >= 15 is 0 Å². The number of hydrogen-bond acceptors (Lipinski definition) is 5. The first-order valence-corrected chi connectivity index (χ1v) is 9.91. The van der Waals surface area contributed by atoms with Crippen molar-refractivity contribution in [3.05, 3.63) is 41.7 Å². The van der Waals surface area contributed by atoms with Gasteiger partial charge in [-0.25, -0.2) is 8.42 Å². The van der Waals surface area contributed by atoms with Crippen molar-refractivity contribution in [1.82, 2.24) is 14.1 Å². The fourth-order valence-corrected chi connectivity index (χ4v) is 4.30. The number of aryl methyl sites for hydroxylation is 2. The summed E-state index contributed by atoms with van der Waals surface area (Å²) in [5.41, 5.74) is 1.62. The summed E-state index contributed by atoms with van der Waals surface area (Å²) in [5.74, 6) is 0.657. The van der Waals surface area contributed by atoms with Crippen LogP contribution in [0.15, 0.2) is 35.5 Å². The van der Waals surface area contributed by atoms with Gasteiger partial charge in [0.2, 0.25) is 10.0 Å². The Hall–Kier alpha value is -1.90. The number of methoxy groups -OCH3 is 1. The maximum Gasteiger partial charge on any atom is 0.243 e. The summed E-state index contributed by atoms with van der Waals surface area (Å²) >= 11 is 0. The molecule has 0 aliphatic carbocycles. The SMILES string of the molecule is COCCOc1ccc(S(=O)(=O)N(Cc2cnn(C)c2)C(C)C)cc1C. The van der Waals surface area contributed by atoms with Crippen molar-refractivity contribution in [3.63, 3.8) is 0 Å². The summed E-state index contributed by atoms with van der Waals surface area (Å²) in [6, 6.07) is 4.75. The van der Waals surface area contributed by atoms with Crippen LogP contribution in [0.25, 0.3) is 0 Å². The van der Waals surface area contributed by atoms with Gasteiger partial charge in [-0.2, -0.15) is 9.40 Å². The Morgan fingerprint density at radius 2 is 2.00 bits per heavy atom. The van der Waals surface area contributed by atoms with Crippen molar-refractivity contribution in [2.24, 2.45) is 7.05 Å². The van der Waals surface area contributed by atoms with Crippen LogP contribution in [0.1, 0.15) is 25.0 Å². The van der Waals surface area contributed by atoms with Gasteiger partial charge in [0.1, 0.15) is 12.4 Å². The van der Waals surface area contributed by atoms with E-state index in [1.807, 2.05) is 34.0 Å². The highest BCUT2D eigenvalue weighted by molar-refractivity contribution is 7.89. The molecule has 0 atom stereocenters. The van der Waals surface area contributed by atoms with Gasteiger partial charge in [-0.1, -0.05) is 0 Å². The normalized spacial score (nSPS) is 12.1. The van der Waals surface area contributed by atoms with Gasteiger partial charge in [0.05, 0.1) is 17.7 Å². The maximum atomic E-state index is 13.1. The molecular formula is C18H27N3O4S. The minimum Gasteiger partial charge on any atom is -0.491 e. The number of ether oxygens (including phenoxy) is 2. The van der Waals surface area contributed by atoms with Gasteiger partial charge in [0, 0.05) is 38.5 Å². The van der Waals surface area contributed by atoms with E-state index in [0.29, 0.717) is 19.0 Å². The lowest BCUT2D eigenvalue weighted by atomic mass is 10.2. The second-order valence-corrected chi connectivity index (χ2v) is 8.33. The van der Waals surface area contributed by atoms with Gasteiger partial charge in [-0.15, -0.1) is 0 Å². The predicted octanol–water partition coefficient (Wildman–Crippen LogP) is 2.35. The van der Waals surface area contributed by atoms with Crippen molar-refractivity contribution >= 4 is 10.0 Å². The van der Waals surface area contributed by atoms with Crippen LogP contribution in [-0.4, -0.2) is 48.9 Å². The van der Waals surface area contributed by atoms with Crippen LogP contribution >= 0.6 is 0 Å². The van der Waals surface area contributed by atoms with E-state index in [1.54, 1.807) is 36.2 Å². The third kappa shape index (κ3) is 4.84. The fraction of sp³-hybridized carbons (Fsp3) is 0.500. The Kier molecular flexibility index (Phi) is 6.80. The molecule has 1 aromatic heterocycles. The highest BCUT2D eigenvalue weighted by Crippen LogP contribution is 2.26. The third-order valence-electron chi connectivity index (χ3n) is 3.97. The molecule has 0 N–H and O–H groups in total. The molecule has 0 saturated carbocycles. The van der Waals surface area contributed by atoms with E-state index in [4.69, 9.17) is 9.47 Å². The molecule has 0 aliphatic heterocycles. The third-order valence-corrected chi connectivity index (χ3v) is 5.99. The zero-order valence-electron chi connectivity index (χ0n) is 16.0. The van der Waals surface area contributed by atoms with Crippen LogP contribution in [0.4, 0.5) is 0 Å². The molecule has 0 saturated heterocycles. The average Bonchev–Trinajstić information content (AvgIpc) is 2.99. The molecule has 2 aromatic rings. The molecule has 0 radical (unpaired) electrons. The number of rotatable bonds is 9. The van der Waals surface area contributed by atoms with Crippen LogP contribution in [0.2, 0.25) is 0 Å². The van der Waals surface area contributed by atoms with Crippen LogP contribution in [-0.2, 0) is 28.4 Å². The maximum absolute atomic E-state index is 13.1. The quantitative estimate of drug-likeness (QED) is 0.624. The highest BCUT2D eigenvalue weighted by atomic mass is 32.2. The van der Waals surface area contributed by atoms with Gasteiger partial charge in [0.25, 0.3) is 0 Å². The fourth-order valence-electron chi connectivity index (χ4n) is 2.59. The van der Waals surface area contributed by atoms with Gasteiger partial charge in [-0.3, -0.25) is 4.68 Å². The molecule has 7 nitrogen and oxygen atoms in total. The number of hydrogen-bond donors (Lipinski definition) is 0. The summed E-state index contributed by atoms with van der Waals surface area (Å²) in [6.45, 7) is 6.74. The molecule has 26 heavy (non-hydrogen) atoms. The minimum atomic E-state index is -3.64. The lowest BCUT2D eigenvalue weighted by Crippen LogP contribution is -2.36. The molecule has 144 valence electrons. The highest BCUT2D eigenvalue weighted by Gasteiger charge is 2.28. The van der Waals surface area contributed by atoms with Gasteiger partial charge in [0.15, 0.2) is 0 Å². The second-order valence-electron chi connectivity index (χ2n) is 6.43. The summed E-state index contributed by atoms with van der Waals surface area (Å²) in [6.07, 6.45) is 3.51. The minimum absolute atomic E-state index is 0.182. The average molecular weight is 381 g/mol. The molecule has 0 bridgehead atoms. The number of sulfonamides is 1. The summed E-state index contributed by atoms with van der Waals surface area (Å²) < 4.78 is 40.0. The molecule has 1 aromatic carbocycles. The standard InChI is InChI=1S/C18H27N3O4S/c1-14(2)21(13-16-11-19-20(4)12-16)26(22,23)17-6-7-18(15(3)10-17)25-9-8-24-5/h6-7,10-12,14H,8-9,13H2,1-5H3. The second kappa shape index (κ2) is 8.66. The molecule has 8 heteroatoms.